The Morgan fingerprint density at radius 3 is 2.42 bits per heavy atom. The van der Waals surface area contributed by atoms with Crippen molar-refractivity contribution in [3.05, 3.63) is 83.9 Å². The standard InChI is InChI=1S/C27H29NO5/c1-31-24-16-9-14-22(26(24)32-2)25(28-17-7-6-15-23(28)27(29)30)19-10-8-13-21(18-19)33-20-11-4-3-5-12-20/h3-5,8-14,16,18,23,25H,6-7,15,17H2,1-2H3,(H,29,30). The number of benzene rings is 3. The van der Waals surface area contributed by atoms with Crippen LogP contribution in [0.3, 0.4) is 0 Å². The van der Waals surface area contributed by atoms with E-state index >= 15 is 0 Å². The highest BCUT2D eigenvalue weighted by Crippen LogP contribution is 2.43. The first-order valence-electron chi connectivity index (χ1n) is 11.1. The fourth-order valence-electron chi connectivity index (χ4n) is 4.58. The molecule has 1 fully saturated rings. The molecule has 1 aliphatic heterocycles. The fraction of sp³-hybridized carbons (Fsp3) is 0.296. The number of methoxy groups -OCH3 is 2. The molecule has 0 aliphatic carbocycles. The van der Waals surface area contributed by atoms with Crippen molar-refractivity contribution in [2.75, 3.05) is 20.8 Å². The number of rotatable bonds is 8. The van der Waals surface area contributed by atoms with Crippen molar-refractivity contribution in [3.8, 4) is 23.0 Å². The quantitative estimate of drug-likeness (QED) is 0.490. The Morgan fingerprint density at radius 1 is 0.939 bits per heavy atom. The first-order chi connectivity index (χ1) is 16.1. The van der Waals surface area contributed by atoms with Crippen LogP contribution in [0.25, 0.3) is 0 Å². The monoisotopic (exact) mass is 447 g/mol. The van der Waals surface area contributed by atoms with Gasteiger partial charge < -0.3 is 19.3 Å². The molecule has 0 bridgehead atoms. The van der Waals surface area contributed by atoms with E-state index in [0.717, 1.165) is 29.7 Å². The van der Waals surface area contributed by atoms with Crippen molar-refractivity contribution in [3.63, 3.8) is 0 Å². The van der Waals surface area contributed by atoms with E-state index in [1.54, 1.807) is 14.2 Å². The number of nitrogens with zero attached hydrogens (tertiary/aromatic N) is 1. The largest absolute Gasteiger partial charge is 0.493 e. The predicted molar refractivity (Wildman–Crippen MR) is 126 cm³/mol. The molecule has 1 heterocycles. The molecule has 3 aromatic rings. The van der Waals surface area contributed by atoms with Crippen LogP contribution in [0.5, 0.6) is 23.0 Å². The molecule has 2 unspecified atom stereocenters. The van der Waals surface area contributed by atoms with Gasteiger partial charge in [0.25, 0.3) is 0 Å². The summed E-state index contributed by atoms with van der Waals surface area (Å²) in [6.45, 7) is 0.672. The van der Waals surface area contributed by atoms with E-state index < -0.39 is 12.0 Å². The second-order valence-electron chi connectivity index (χ2n) is 8.06. The number of piperidine rings is 1. The topological polar surface area (TPSA) is 68.2 Å². The molecule has 1 aliphatic rings. The van der Waals surface area contributed by atoms with E-state index in [1.807, 2.05) is 72.8 Å². The van der Waals surface area contributed by atoms with Crippen LogP contribution in [0.1, 0.15) is 36.4 Å². The Balaban J connectivity index is 1.82. The van der Waals surface area contributed by atoms with Crippen molar-refractivity contribution in [1.82, 2.24) is 4.90 Å². The molecule has 6 heteroatoms. The Labute approximate surface area is 194 Å². The minimum Gasteiger partial charge on any atom is -0.493 e. The van der Waals surface area contributed by atoms with Gasteiger partial charge in [-0.25, -0.2) is 0 Å². The van der Waals surface area contributed by atoms with Crippen molar-refractivity contribution in [2.24, 2.45) is 0 Å². The smallest absolute Gasteiger partial charge is 0.320 e. The number of carboxylic acids is 1. The van der Waals surface area contributed by atoms with Crippen LogP contribution < -0.4 is 14.2 Å². The third-order valence-corrected chi connectivity index (χ3v) is 6.04. The number of carbonyl (C=O) groups is 1. The van der Waals surface area contributed by atoms with E-state index in [0.29, 0.717) is 30.2 Å². The zero-order valence-corrected chi connectivity index (χ0v) is 18.9. The van der Waals surface area contributed by atoms with Crippen LogP contribution in [-0.4, -0.2) is 42.8 Å². The molecular formula is C27H29NO5. The van der Waals surface area contributed by atoms with Gasteiger partial charge in [0.1, 0.15) is 17.5 Å². The number of hydrogen-bond acceptors (Lipinski definition) is 5. The molecule has 0 aromatic heterocycles. The van der Waals surface area contributed by atoms with Gasteiger partial charge in [0, 0.05) is 5.56 Å². The second-order valence-corrected chi connectivity index (χ2v) is 8.06. The summed E-state index contributed by atoms with van der Waals surface area (Å²) in [5.41, 5.74) is 1.80. The molecule has 172 valence electrons. The van der Waals surface area contributed by atoms with Crippen LogP contribution in [0, 0.1) is 0 Å². The molecule has 1 N–H and O–H groups in total. The van der Waals surface area contributed by atoms with E-state index in [4.69, 9.17) is 14.2 Å². The number of hydrogen-bond donors (Lipinski definition) is 1. The molecular weight excluding hydrogens is 418 g/mol. The maximum atomic E-state index is 12.2. The lowest BCUT2D eigenvalue weighted by Crippen LogP contribution is -2.46. The number of likely N-dealkylation sites (tertiary alicyclic amines) is 1. The Hall–Kier alpha value is -3.51. The summed E-state index contributed by atoms with van der Waals surface area (Å²) in [6.07, 6.45) is 2.44. The van der Waals surface area contributed by atoms with Crippen molar-refractivity contribution >= 4 is 5.97 Å². The highest BCUT2D eigenvalue weighted by molar-refractivity contribution is 5.74. The average molecular weight is 448 g/mol. The fourth-order valence-corrected chi connectivity index (χ4v) is 4.58. The molecule has 33 heavy (non-hydrogen) atoms. The zero-order chi connectivity index (χ0) is 23.2. The summed E-state index contributed by atoms with van der Waals surface area (Å²) in [6, 6.07) is 22.2. The molecule has 1 saturated heterocycles. The van der Waals surface area contributed by atoms with E-state index in [9.17, 15) is 9.90 Å². The Morgan fingerprint density at radius 2 is 1.70 bits per heavy atom. The maximum absolute atomic E-state index is 12.2. The summed E-state index contributed by atoms with van der Waals surface area (Å²) in [4.78, 5) is 14.3. The third-order valence-electron chi connectivity index (χ3n) is 6.04. The highest BCUT2D eigenvalue weighted by Gasteiger charge is 2.37. The van der Waals surface area contributed by atoms with Gasteiger partial charge in [0.05, 0.1) is 20.3 Å². The lowest BCUT2D eigenvalue weighted by Gasteiger charge is -2.40. The number of carboxylic acid groups (broad SMARTS) is 1. The normalized spacial score (nSPS) is 17.2. The molecule has 6 nitrogen and oxygen atoms in total. The van der Waals surface area contributed by atoms with Crippen LogP contribution in [0.2, 0.25) is 0 Å². The minimum absolute atomic E-state index is 0.337. The highest BCUT2D eigenvalue weighted by atomic mass is 16.5. The van der Waals surface area contributed by atoms with Crippen LogP contribution in [0.15, 0.2) is 72.8 Å². The molecule has 0 spiro atoms. The minimum atomic E-state index is -0.807. The van der Waals surface area contributed by atoms with E-state index in [2.05, 4.69) is 4.90 Å². The summed E-state index contributed by atoms with van der Waals surface area (Å²) in [5, 5.41) is 10.0. The molecule has 2 atom stereocenters. The summed E-state index contributed by atoms with van der Waals surface area (Å²) >= 11 is 0. The summed E-state index contributed by atoms with van der Waals surface area (Å²) in [5.74, 6) is 1.84. The average Bonchev–Trinajstić information content (AvgIpc) is 2.85. The van der Waals surface area contributed by atoms with Crippen molar-refractivity contribution in [1.29, 1.82) is 0 Å². The lowest BCUT2D eigenvalue weighted by atomic mass is 9.91. The zero-order valence-electron chi connectivity index (χ0n) is 18.9. The predicted octanol–water partition coefficient (Wildman–Crippen LogP) is 5.52. The van der Waals surface area contributed by atoms with Gasteiger partial charge in [0.2, 0.25) is 0 Å². The van der Waals surface area contributed by atoms with E-state index in [1.165, 1.54) is 0 Å². The molecule has 0 amide bonds. The second kappa shape index (κ2) is 10.4. The Kier molecular flexibility index (Phi) is 7.15. The van der Waals surface area contributed by atoms with E-state index in [-0.39, 0.29) is 6.04 Å². The van der Waals surface area contributed by atoms with Crippen LogP contribution >= 0.6 is 0 Å². The number of ether oxygens (including phenoxy) is 3. The molecule has 0 radical (unpaired) electrons. The summed E-state index contributed by atoms with van der Waals surface area (Å²) < 4.78 is 17.4. The van der Waals surface area contributed by atoms with Crippen molar-refractivity contribution in [2.45, 2.75) is 31.3 Å². The molecule has 3 aromatic carbocycles. The first-order valence-corrected chi connectivity index (χ1v) is 11.1. The Bertz CT molecular complexity index is 1080. The molecule has 4 rings (SSSR count). The lowest BCUT2D eigenvalue weighted by molar-refractivity contribution is -0.145. The van der Waals surface area contributed by atoms with Gasteiger partial charge in [-0.05, 0) is 55.3 Å². The first kappa shape index (κ1) is 22.7. The number of para-hydroxylation sites is 2. The van der Waals surface area contributed by atoms with Gasteiger partial charge in [-0.15, -0.1) is 0 Å². The SMILES string of the molecule is COc1cccc(C(c2cccc(Oc3ccccc3)c2)N2CCCCC2C(=O)O)c1OC. The van der Waals surface area contributed by atoms with Crippen molar-refractivity contribution < 1.29 is 24.1 Å². The van der Waals surface area contributed by atoms with Gasteiger partial charge in [-0.1, -0.05) is 48.9 Å². The third kappa shape index (κ3) is 4.96. The van der Waals surface area contributed by atoms with Crippen LogP contribution in [0.4, 0.5) is 0 Å². The van der Waals surface area contributed by atoms with Crippen LogP contribution in [-0.2, 0) is 4.79 Å². The van der Waals surface area contributed by atoms with Gasteiger partial charge in [-0.2, -0.15) is 0 Å². The summed E-state index contributed by atoms with van der Waals surface area (Å²) in [7, 11) is 3.21. The maximum Gasteiger partial charge on any atom is 0.320 e. The molecule has 0 saturated carbocycles. The number of aliphatic carboxylic acids is 1. The van der Waals surface area contributed by atoms with Gasteiger partial charge in [-0.3, -0.25) is 9.69 Å². The van der Waals surface area contributed by atoms with Gasteiger partial charge >= 0.3 is 5.97 Å². The van der Waals surface area contributed by atoms with Gasteiger partial charge in [0.15, 0.2) is 11.5 Å².